The molecule has 1 unspecified atom stereocenters. The highest BCUT2D eigenvalue weighted by Gasteiger charge is 2.26. The van der Waals surface area contributed by atoms with E-state index in [1.165, 1.54) is 5.01 Å². The van der Waals surface area contributed by atoms with Gasteiger partial charge < -0.3 is 20.2 Å². The van der Waals surface area contributed by atoms with E-state index in [2.05, 4.69) is 39.8 Å². The van der Waals surface area contributed by atoms with Gasteiger partial charge in [0, 0.05) is 30.8 Å². The van der Waals surface area contributed by atoms with Crippen LogP contribution in [-0.2, 0) is 12.0 Å². The Bertz CT molecular complexity index is 719. The second-order valence-corrected chi connectivity index (χ2v) is 7.78. The van der Waals surface area contributed by atoms with Crippen LogP contribution >= 0.6 is 11.3 Å². The first-order valence-corrected chi connectivity index (χ1v) is 9.95. The third-order valence-electron chi connectivity index (χ3n) is 3.90. The Labute approximate surface area is 159 Å². The molecule has 0 fully saturated rings. The number of furan rings is 1. The number of nitrogens with zero attached hydrogens (tertiary/aromatic N) is 2. The van der Waals surface area contributed by atoms with Crippen molar-refractivity contribution in [3.05, 3.63) is 39.7 Å². The van der Waals surface area contributed by atoms with Crippen LogP contribution in [0.4, 0.5) is 0 Å². The summed E-state index contributed by atoms with van der Waals surface area (Å²) in [6, 6.07) is 3.63. The Kier molecular flexibility index (Phi) is 7.23. The van der Waals surface area contributed by atoms with Gasteiger partial charge in [0.25, 0.3) is 0 Å². The van der Waals surface area contributed by atoms with E-state index in [-0.39, 0.29) is 6.54 Å². The highest BCUT2D eigenvalue weighted by Crippen LogP contribution is 2.23. The zero-order valence-electron chi connectivity index (χ0n) is 16.3. The Balaban J connectivity index is 1.91. The minimum atomic E-state index is -1.14. The van der Waals surface area contributed by atoms with Crippen LogP contribution in [0.5, 0.6) is 0 Å². The number of nitrogens with one attached hydrogen (secondary N) is 2. The Morgan fingerprint density at radius 3 is 2.73 bits per heavy atom. The molecule has 0 bridgehead atoms. The molecule has 2 aromatic rings. The predicted octanol–water partition coefficient (Wildman–Crippen LogP) is 3.17. The number of hydrogen-bond acceptors (Lipinski definition) is 5. The Morgan fingerprint density at radius 1 is 1.38 bits per heavy atom. The molecule has 0 aromatic carbocycles. The smallest absolute Gasteiger partial charge is 0.191 e. The van der Waals surface area contributed by atoms with Crippen molar-refractivity contribution in [2.24, 2.45) is 4.99 Å². The minimum Gasteiger partial charge on any atom is -0.463 e. The second-order valence-electron chi connectivity index (χ2n) is 6.89. The summed E-state index contributed by atoms with van der Waals surface area (Å²) >= 11 is 1.71. The van der Waals surface area contributed by atoms with Crippen molar-refractivity contribution in [3.63, 3.8) is 0 Å². The number of aliphatic hydroxyl groups is 1. The van der Waals surface area contributed by atoms with Crippen molar-refractivity contribution >= 4 is 17.3 Å². The van der Waals surface area contributed by atoms with Gasteiger partial charge in [-0.25, -0.2) is 9.98 Å². The monoisotopic (exact) mass is 378 g/mol. The van der Waals surface area contributed by atoms with Crippen LogP contribution in [0, 0.1) is 6.92 Å². The van der Waals surface area contributed by atoms with Crippen LogP contribution in [0.3, 0.4) is 0 Å². The summed E-state index contributed by atoms with van der Waals surface area (Å²) < 4.78 is 5.53. The first kappa shape index (κ1) is 20.5. The maximum absolute atomic E-state index is 10.6. The van der Waals surface area contributed by atoms with E-state index in [9.17, 15) is 5.11 Å². The topological polar surface area (TPSA) is 82.7 Å². The fourth-order valence-corrected chi connectivity index (χ4v) is 3.26. The number of aliphatic imine (C=N–C) groups is 1. The van der Waals surface area contributed by atoms with E-state index in [0.29, 0.717) is 17.6 Å². The van der Waals surface area contributed by atoms with E-state index in [0.717, 1.165) is 31.0 Å². The van der Waals surface area contributed by atoms with Crippen LogP contribution in [-0.4, -0.2) is 35.7 Å². The first-order chi connectivity index (χ1) is 12.3. The molecule has 2 rings (SSSR count). The molecule has 0 saturated carbocycles. The van der Waals surface area contributed by atoms with Crippen molar-refractivity contribution in [2.45, 2.75) is 52.6 Å². The molecular formula is C19H30N4O2S. The van der Waals surface area contributed by atoms with Gasteiger partial charge in [-0.1, -0.05) is 13.8 Å². The number of aryl methyl sites for hydroxylation is 1. The van der Waals surface area contributed by atoms with Crippen molar-refractivity contribution in [3.8, 4) is 0 Å². The van der Waals surface area contributed by atoms with Gasteiger partial charge in [0.2, 0.25) is 0 Å². The summed E-state index contributed by atoms with van der Waals surface area (Å²) in [5.74, 6) is 2.44. The van der Waals surface area contributed by atoms with E-state index < -0.39 is 5.60 Å². The predicted molar refractivity (Wildman–Crippen MR) is 107 cm³/mol. The minimum absolute atomic E-state index is 0.212. The molecule has 2 aromatic heterocycles. The summed E-state index contributed by atoms with van der Waals surface area (Å²) in [7, 11) is 0. The number of guanidine groups is 1. The molecule has 0 saturated heterocycles. The van der Waals surface area contributed by atoms with Gasteiger partial charge in [-0.15, -0.1) is 11.3 Å². The number of hydrogen-bond donors (Lipinski definition) is 3. The van der Waals surface area contributed by atoms with E-state index >= 15 is 0 Å². The zero-order chi connectivity index (χ0) is 19.2. The summed E-state index contributed by atoms with van der Waals surface area (Å²) in [5, 5.41) is 20.4. The molecule has 0 spiro atoms. The molecule has 26 heavy (non-hydrogen) atoms. The average molecular weight is 379 g/mol. The lowest BCUT2D eigenvalue weighted by Crippen LogP contribution is -2.39. The molecule has 0 aliphatic carbocycles. The quantitative estimate of drug-likeness (QED) is 0.485. The first-order valence-electron chi connectivity index (χ1n) is 9.07. The van der Waals surface area contributed by atoms with Gasteiger partial charge in [0.1, 0.15) is 17.1 Å². The molecule has 3 N–H and O–H groups in total. The molecule has 1 atom stereocenters. The van der Waals surface area contributed by atoms with E-state index in [1.807, 2.05) is 19.9 Å². The SMILES string of the molecule is CCNC(=NCC(C)(O)c1ccc(C)o1)NCCc1csc(C(C)C)n1. The summed E-state index contributed by atoms with van der Waals surface area (Å²) in [6.45, 7) is 11.6. The van der Waals surface area contributed by atoms with Crippen LogP contribution in [0.15, 0.2) is 26.9 Å². The van der Waals surface area contributed by atoms with Gasteiger partial charge in [0.05, 0.1) is 17.2 Å². The van der Waals surface area contributed by atoms with Gasteiger partial charge in [-0.2, -0.15) is 0 Å². The van der Waals surface area contributed by atoms with Gasteiger partial charge in [-0.05, 0) is 32.9 Å². The van der Waals surface area contributed by atoms with Gasteiger partial charge in [-0.3, -0.25) is 0 Å². The maximum atomic E-state index is 10.6. The molecular weight excluding hydrogens is 348 g/mol. The third kappa shape index (κ3) is 5.85. The standard InChI is InChI=1S/C19H30N4O2S/c1-6-20-18(21-10-9-15-11-26-17(23-15)13(2)3)22-12-19(5,24)16-8-7-14(4)25-16/h7-8,11,13,24H,6,9-10,12H2,1-5H3,(H2,20,21,22). The third-order valence-corrected chi connectivity index (χ3v) is 5.09. The number of thiazole rings is 1. The van der Waals surface area contributed by atoms with Gasteiger partial charge in [0.15, 0.2) is 5.96 Å². The van der Waals surface area contributed by atoms with Crippen LogP contribution in [0.1, 0.15) is 55.8 Å². The summed E-state index contributed by atoms with van der Waals surface area (Å²) in [6.07, 6.45) is 0.835. The zero-order valence-corrected chi connectivity index (χ0v) is 17.1. The lowest BCUT2D eigenvalue weighted by Gasteiger charge is -2.19. The normalized spacial score (nSPS) is 14.5. The van der Waals surface area contributed by atoms with Crippen molar-refractivity contribution in [2.75, 3.05) is 19.6 Å². The summed E-state index contributed by atoms with van der Waals surface area (Å²) in [4.78, 5) is 9.15. The molecule has 7 heteroatoms. The molecule has 2 heterocycles. The fraction of sp³-hybridized carbons (Fsp3) is 0.579. The molecule has 0 aliphatic heterocycles. The highest BCUT2D eigenvalue weighted by atomic mass is 32.1. The molecule has 0 radical (unpaired) electrons. The molecule has 6 nitrogen and oxygen atoms in total. The Morgan fingerprint density at radius 2 is 2.15 bits per heavy atom. The number of aromatic nitrogens is 1. The fourth-order valence-electron chi connectivity index (χ4n) is 2.39. The van der Waals surface area contributed by atoms with Crippen molar-refractivity contribution in [1.82, 2.24) is 15.6 Å². The van der Waals surface area contributed by atoms with E-state index in [1.54, 1.807) is 24.3 Å². The highest BCUT2D eigenvalue weighted by molar-refractivity contribution is 7.09. The van der Waals surface area contributed by atoms with Crippen LogP contribution < -0.4 is 10.6 Å². The number of rotatable bonds is 8. The van der Waals surface area contributed by atoms with Gasteiger partial charge >= 0.3 is 0 Å². The second kappa shape index (κ2) is 9.19. The van der Waals surface area contributed by atoms with Crippen molar-refractivity contribution in [1.29, 1.82) is 0 Å². The molecule has 0 amide bonds. The lowest BCUT2D eigenvalue weighted by molar-refractivity contribution is 0.0428. The van der Waals surface area contributed by atoms with E-state index in [4.69, 9.17) is 4.42 Å². The molecule has 0 aliphatic rings. The van der Waals surface area contributed by atoms with Crippen molar-refractivity contribution < 1.29 is 9.52 Å². The summed E-state index contributed by atoms with van der Waals surface area (Å²) in [5.41, 5.74) is -0.0439. The molecule has 144 valence electrons. The maximum Gasteiger partial charge on any atom is 0.191 e. The largest absolute Gasteiger partial charge is 0.463 e. The van der Waals surface area contributed by atoms with Crippen LogP contribution in [0.2, 0.25) is 0 Å². The lowest BCUT2D eigenvalue weighted by atomic mass is 10.0. The Hall–Kier alpha value is -1.86. The average Bonchev–Trinajstić information content (AvgIpc) is 3.22. The van der Waals surface area contributed by atoms with Crippen LogP contribution in [0.25, 0.3) is 0 Å².